The summed E-state index contributed by atoms with van der Waals surface area (Å²) in [6.07, 6.45) is 1.94. The number of allylic oxidation sites excluding steroid dienone is 1. The second-order valence-corrected chi connectivity index (χ2v) is 3.73. The summed E-state index contributed by atoms with van der Waals surface area (Å²) in [5.41, 5.74) is 6.00. The molecular formula is C8H11Cl2NO2. The first-order valence-electron chi connectivity index (χ1n) is 3.68. The van der Waals surface area contributed by atoms with E-state index >= 15 is 0 Å². The second kappa shape index (κ2) is 3.78. The second-order valence-electron chi connectivity index (χ2n) is 2.71. The van der Waals surface area contributed by atoms with E-state index in [-0.39, 0.29) is 0 Å². The Morgan fingerprint density at radius 3 is 2.62 bits per heavy atom. The molecule has 0 aromatic rings. The van der Waals surface area contributed by atoms with Crippen LogP contribution in [-0.4, -0.2) is 19.3 Å². The first-order chi connectivity index (χ1) is 6.02. The van der Waals surface area contributed by atoms with Crippen LogP contribution in [0.5, 0.6) is 0 Å². The van der Waals surface area contributed by atoms with Crippen LogP contribution >= 0.6 is 23.2 Å². The smallest absolute Gasteiger partial charge is 0.169 e. The minimum absolute atomic E-state index is 0.376. The molecule has 5 heteroatoms. The predicted molar refractivity (Wildman–Crippen MR) is 52.4 cm³/mol. The molecule has 1 atom stereocenters. The van der Waals surface area contributed by atoms with E-state index in [1.54, 1.807) is 6.08 Å². The Morgan fingerprint density at radius 1 is 1.54 bits per heavy atom. The molecule has 74 valence electrons. The highest BCUT2D eigenvalue weighted by Gasteiger charge is 2.32. The molecule has 3 nitrogen and oxygen atoms in total. The molecule has 0 radical (unpaired) electrons. The van der Waals surface area contributed by atoms with Gasteiger partial charge in [-0.15, -0.1) is 0 Å². The van der Waals surface area contributed by atoms with Crippen LogP contribution in [0.4, 0.5) is 0 Å². The minimum Gasteiger partial charge on any atom is -0.499 e. The van der Waals surface area contributed by atoms with Crippen molar-refractivity contribution in [2.75, 3.05) is 14.2 Å². The van der Waals surface area contributed by atoms with Crippen LogP contribution in [0, 0.1) is 0 Å². The topological polar surface area (TPSA) is 44.5 Å². The van der Waals surface area contributed by atoms with Crippen molar-refractivity contribution >= 4 is 23.2 Å². The average molecular weight is 224 g/mol. The Hall–Kier alpha value is -0.380. The van der Waals surface area contributed by atoms with Gasteiger partial charge in [-0.2, -0.15) is 0 Å². The van der Waals surface area contributed by atoms with Crippen molar-refractivity contribution in [3.8, 4) is 0 Å². The molecule has 0 aromatic heterocycles. The molecule has 0 saturated heterocycles. The number of hydrogen-bond acceptors (Lipinski definition) is 3. The first-order valence-corrected chi connectivity index (χ1v) is 4.43. The summed E-state index contributed by atoms with van der Waals surface area (Å²) in [5.74, 6) is 0.540. The summed E-state index contributed by atoms with van der Waals surface area (Å²) < 4.78 is 10.1. The summed E-state index contributed by atoms with van der Waals surface area (Å²) in [4.78, 5) is 0. The molecule has 1 unspecified atom stereocenters. The summed E-state index contributed by atoms with van der Waals surface area (Å²) in [6.45, 7) is 0. The third-order valence-corrected chi connectivity index (χ3v) is 2.68. The molecule has 0 heterocycles. The van der Waals surface area contributed by atoms with Gasteiger partial charge in [-0.05, 0) is 6.08 Å². The minimum atomic E-state index is -0.937. The highest BCUT2D eigenvalue weighted by molar-refractivity contribution is 6.33. The van der Waals surface area contributed by atoms with Gasteiger partial charge < -0.3 is 15.2 Å². The molecule has 0 aliphatic heterocycles. The van der Waals surface area contributed by atoms with E-state index in [0.717, 1.165) is 0 Å². The van der Waals surface area contributed by atoms with Gasteiger partial charge in [0.05, 0.1) is 19.2 Å². The fraction of sp³-hybridized carbons (Fsp3) is 0.500. The molecule has 0 bridgehead atoms. The molecule has 0 saturated carbocycles. The largest absolute Gasteiger partial charge is 0.499 e. The zero-order valence-corrected chi connectivity index (χ0v) is 8.95. The maximum Gasteiger partial charge on any atom is 0.169 e. The quantitative estimate of drug-likeness (QED) is 0.728. The number of hydrogen-bond donors (Lipinski definition) is 1. The van der Waals surface area contributed by atoms with Gasteiger partial charge in [0.25, 0.3) is 0 Å². The van der Waals surface area contributed by atoms with Crippen molar-refractivity contribution in [1.82, 2.24) is 0 Å². The van der Waals surface area contributed by atoms with Crippen molar-refractivity contribution in [2.45, 2.75) is 11.5 Å². The van der Waals surface area contributed by atoms with Crippen LogP contribution in [-0.2, 0) is 9.47 Å². The maximum absolute atomic E-state index is 6.04. The van der Waals surface area contributed by atoms with Gasteiger partial charge in [0.2, 0.25) is 0 Å². The van der Waals surface area contributed by atoms with Gasteiger partial charge in [-0.3, -0.25) is 0 Å². The number of methoxy groups -OCH3 is 2. The van der Waals surface area contributed by atoms with E-state index in [9.17, 15) is 0 Å². The third-order valence-electron chi connectivity index (χ3n) is 1.86. The lowest BCUT2D eigenvalue weighted by molar-refractivity contribution is 0.0862. The Balaban J connectivity index is 3.00. The number of halogens is 2. The average Bonchev–Trinajstić information content (AvgIpc) is 2.11. The van der Waals surface area contributed by atoms with Gasteiger partial charge in [-0.1, -0.05) is 23.2 Å². The Kier molecular flexibility index (Phi) is 3.11. The molecule has 2 N–H and O–H groups in total. The van der Waals surface area contributed by atoms with Gasteiger partial charge in [0, 0.05) is 7.11 Å². The van der Waals surface area contributed by atoms with E-state index in [0.29, 0.717) is 22.9 Å². The van der Waals surface area contributed by atoms with E-state index in [2.05, 4.69) is 0 Å². The van der Waals surface area contributed by atoms with Crippen molar-refractivity contribution < 1.29 is 9.47 Å². The lowest BCUT2D eigenvalue weighted by Gasteiger charge is -2.27. The van der Waals surface area contributed by atoms with Crippen LogP contribution in [0.25, 0.3) is 0 Å². The molecule has 1 rings (SSSR count). The number of ether oxygens (including phenoxy) is 2. The maximum atomic E-state index is 6.04. The zero-order valence-electron chi connectivity index (χ0n) is 7.43. The van der Waals surface area contributed by atoms with Gasteiger partial charge >= 0.3 is 0 Å². The highest BCUT2D eigenvalue weighted by Crippen LogP contribution is 2.36. The predicted octanol–water partition coefficient (Wildman–Crippen LogP) is 1.91. The Morgan fingerprint density at radius 2 is 2.15 bits per heavy atom. The molecule has 1 aliphatic carbocycles. The van der Waals surface area contributed by atoms with Crippen LogP contribution in [0.3, 0.4) is 0 Å². The Labute approximate surface area is 87.1 Å². The standard InChI is InChI=1S/C8H11Cl2NO2/c1-12-6-4-8(10,13-2)3-5(11)7(6)9/h3H,4,11H2,1-2H3. The fourth-order valence-electron chi connectivity index (χ4n) is 1.10. The van der Waals surface area contributed by atoms with Crippen molar-refractivity contribution in [3.63, 3.8) is 0 Å². The first kappa shape index (κ1) is 10.7. The van der Waals surface area contributed by atoms with Gasteiger partial charge in [-0.25, -0.2) is 0 Å². The number of alkyl halides is 1. The Bertz CT molecular complexity index is 275. The van der Waals surface area contributed by atoms with Crippen LogP contribution in [0.15, 0.2) is 22.6 Å². The van der Waals surface area contributed by atoms with Gasteiger partial charge in [0.1, 0.15) is 10.8 Å². The normalized spacial score (nSPS) is 28.8. The summed E-state index contributed by atoms with van der Waals surface area (Å²) in [5, 5.41) is -0.538. The summed E-state index contributed by atoms with van der Waals surface area (Å²) in [7, 11) is 3.02. The number of rotatable bonds is 2. The monoisotopic (exact) mass is 223 g/mol. The molecule has 0 fully saturated rings. The molecule has 0 aromatic carbocycles. The van der Waals surface area contributed by atoms with Crippen molar-refractivity contribution in [1.29, 1.82) is 0 Å². The van der Waals surface area contributed by atoms with E-state index in [4.69, 9.17) is 38.4 Å². The molecule has 0 spiro atoms. The van der Waals surface area contributed by atoms with Crippen LogP contribution in [0.1, 0.15) is 6.42 Å². The highest BCUT2D eigenvalue weighted by atomic mass is 35.5. The van der Waals surface area contributed by atoms with Gasteiger partial charge in [0.15, 0.2) is 5.06 Å². The SMILES string of the molecule is COC1=C(Cl)C(N)=CC(Cl)(OC)C1. The van der Waals surface area contributed by atoms with Crippen LogP contribution in [0.2, 0.25) is 0 Å². The summed E-state index contributed by atoms with van der Waals surface area (Å²) in [6, 6.07) is 0. The molecule has 0 amide bonds. The molecule has 13 heavy (non-hydrogen) atoms. The zero-order chi connectivity index (χ0) is 10.1. The molecule has 1 aliphatic rings. The van der Waals surface area contributed by atoms with E-state index < -0.39 is 5.06 Å². The van der Waals surface area contributed by atoms with E-state index in [1.165, 1.54) is 14.2 Å². The third kappa shape index (κ3) is 2.10. The lowest BCUT2D eigenvalue weighted by Crippen LogP contribution is -2.28. The fourth-order valence-corrected chi connectivity index (χ4v) is 1.53. The summed E-state index contributed by atoms with van der Waals surface area (Å²) >= 11 is 11.9. The van der Waals surface area contributed by atoms with E-state index in [1.807, 2.05) is 0 Å². The molecular weight excluding hydrogens is 213 g/mol. The van der Waals surface area contributed by atoms with Crippen molar-refractivity contribution in [3.05, 3.63) is 22.6 Å². The lowest BCUT2D eigenvalue weighted by atomic mass is 10.1. The number of nitrogens with two attached hydrogens (primary N) is 1. The van der Waals surface area contributed by atoms with Crippen molar-refractivity contribution in [2.24, 2.45) is 5.73 Å². The van der Waals surface area contributed by atoms with Crippen LogP contribution < -0.4 is 5.73 Å².